The number of amides is 1. The Hall–Kier alpha value is -3.15. The molecule has 0 atom stereocenters. The zero-order valence-corrected chi connectivity index (χ0v) is 14.9. The number of ketones is 2. The van der Waals surface area contributed by atoms with Crippen molar-refractivity contribution in [2.45, 2.75) is 38.1 Å². The summed E-state index contributed by atoms with van der Waals surface area (Å²) in [4.78, 5) is 38.2. The number of fused-ring (bicyclic) bond motifs is 2. The lowest BCUT2D eigenvalue weighted by Crippen LogP contribution is -2.29. The molecule has 2 aliphatic rings. The van der Waals surface area contributed by atoms with Gasteiger partial charge in [0.15, 0.2) is 11.6 Å². The third-order valence-electron chi connectivity index (χ3n) is 5.47. The van der Waals surface area contributed by atoms with Gasteiger partial charge in [-0.15, -0.1) is 0 Å². The normalized spacial score (nSPS) is 16.6. The van der Waals surface area contributed by atoms with E-state index in [-0.39, 0.29) is 40.0 Å². The van der Waals surface area contributed by atoms with Crippen LogP contribution in [-0.4, -0.2) is 23.5 Å². The highest BCUT2D eigenvalue weighted by Crippen LogP contribution is 2.38. The van der Waals surface area contributed by atoms with Crippen molar-refractivity contribution >= 4 is 28.8 Å². The van der Waals surface area contributed by atoms with Gasteiger partial charge < -0.3 is 16.8 Å². The molecule has 2 aromatic rings. The van der Waals surface area contributed by atoms with E-state index >= 15 is 0 Å². The number of nitrogens with one attached hydrogen (secondary N) is 1. The van der Waals surface area contributed by atoms with E-state index in [0.29, 0.717) is 16.8 Å². The SMILES string of the molecule is NC(=O)c1cc(NC2CCCCC2)c2c(c1N)C(=O)c1ccccc1C2=O. The molecule has 0 unspecified atom stereocenters. The number of nitrogens with two attached hydrogens (primary N) is 2. The molecule has 0 bridgehead atoms. The number of carbonyl (C=O) groups is 3. The fourth-order valence-corrected chi connectivity index (χ4v) is 4.10. The van der Waals surface area contributed by atoms with Crippen LogP contribution in [0, 0.1) is 0 Å². The molecule has 0 radical (unpaired) electrons. The summed E-state index contributed by atoms with van der Waals surface area (Å²) < 4.78 is 0. The Labute approximate surface area is 156 Å². The smallest absolute Gasteiger partial charge is 0.250 e. The van der Waals surface area contributed by atoms with Crippen molar-refractivity contribution in [1.29, 1.82) is 0 Å². The summed E-state index contributed by atoms with van der Waals surface area (Å²) in [6, 6.07) is 8.37. The predicted molar refractivity (Wildman–Crippen MR) is 103 cm³/mol. The van der Waals surface area contributed by atoms with Gasteiger partial charge in [-0.05, 0) is 18.9 Å². The molecule has 0 aliphatic heterocycles. The molecule has 0 heterocycles. The Morgan fingerprint density at radius 1 is 0.963 bits per heavy atom. The van der Waals surface area contributed by atoms with Crippen molar-refractivity contribution in [3.05, 3.63) is 58.1 Å². The molecule has 1 amide bonds. The molecule has 0 saturated heterocycles. The van der Waals surface area contributed by atoms with Crippen LogP contribution in [-0.2, 0) is 0 Å². The van der Waals surface area contributed by atoms with Crippen LogP contribution in [0.1, 0.15) is 74.3 Å². The molecule has 0 aromatic heterocycles. The van der Waals surface area contributed by atoms with Gasteiger partial charge in [-0.25, -0.2) is 0 Å². The number of anilines is 2. The monoisotopic (exact) mass is 363 g/mol. The second-order valence-corrected chi connectivity index (χ2v) is 7.18. The van der Waals surface area contributed by atoms with Crippen molar-refractivity contribution in [1.82, 2.24) is 0 Å². The highest BCUT2D eigenvalue weighted by atomic mass is 16.1. The summed E-state index contributed by atoms with van der Waals surface area (Å²) >= 11 is 0. The minimum atomic E-state index is -0.721. The van der Waals surface area contributed by atoms with Gasteiger partial charge in [0.2, 0.25) is 0 Å². The lowest BCUT2D eigenvalue weighted by Gasteiger charge is -2.28. The van der Waals surface area contributed by atoms with E-state index in [1.165, 1.54) is 12.5 Å². The van der Waals surface area contributed by atoms with E-state index in [1.54, 1.807) is 24.3 Å². The van der Waals surface area contributed by atoms with E-state index in [9.17, 15) is 14.4 Å². The van der Waals surface area contributed by atoms with E-state index in [4.69, 9.17) is 11.5 Å². The molecule has 6 heteroatoms. The fourth-order valence-electron chi connectivity index (χ4n) is 4.10. The predicted octanol–water partition coefficient (Wildman–Crippen LogP) is 2.89. The van der Waals surface area contributed by atoms with Crippen LogP contribution in [0.15, 0.2) is 30.3 Å². The summed E-state index contributed by atoms with van der Waals surface area (Å²) in [6.07, 6.45) is 5.35. The van der Waals surface area contributed by atoms with E-state index < -0.39 is 5.91 Å². The minimum Gasteiger partial charge on any atom is -0.397 e. The first-order valence-corrected chi connectivity index (χ1v) is 9.20. The van der Waals surface area contributed by atoms with Crippen LogP contribution in [0.2, 0.25) is 0 Å². The quantitative estimate of drug-likeness (QED) is 0.619. The van der Waals surface area contributed by atoms with Gasteiger partial charge in [0, 0.05) is 22.9 Å². The van der Waals surface area contributed by atoms with Crippen LogP contribution in [0.5, 0.6) is 0 Å². The molecule has 2 aromatic carbocycles. The lowest BCUT2D eigenvalue weighted by atomic mass is 9.81. The van der Waals surface area contributed by atoms with Gasteiger partial charge in [-0.1, -0.05) is 43.5 Å². The van der Waals surface area contributed by atoms with Gasteiger partial charge >= 0.3 is 0 Å². The topological polar surface area (TPSA) is 115 Å². The van der Waals surface area contributed by atoms with Crippen molar-refractivity contribution in [3.63, 3.8) is 0 Å². The molecule has 2 aliphatic carbocycles. The molecule has 5 N–H and O–H groups in total. The Morgan fingerprint density at radius 2 is 1.56 bits per heavy atom. The highest BCUT2D eigenvalue weighted by Gasteiger charge is 2.35. The maximum Gasteiger partial charge on any atom is 0.250 e. The van der Waals surface area contributed by atoms with Crippen molar-refractivity contribution in [2.75, 3.05) is 11.1 Å². The molecular formula is C21H21N3O3. The number of rotatable bonds is 3. The molecule has 1 saturated carbocycles. The standard InChI is InChI=1S/C21H21N3O3/c22-18-14(21(23)27)10-15(24-11-6-2-1-3-7-11)16-17(18)20(26)13-9-5-4-8-12(13)19(16)25/h4-5,8-11,24H,1-3,6-7,22H2,(H2,23,27). The molecule has 27 heavy (non-hydrogen) atoms. The third-order valence-corrected chi connectivity index (χ3v) is 5.47. The molecule has 6 nitrogen and oxygen atoms in total. The first kappa shape index (κ1) is 17.3. The van der Waals surface area contributed by atoms with Crippen LogP contribution in [0.25, 0.3) is 0 Å². The second kappa shape index (κ2) is 6.54. The summed E-state index contributed by atoms with van der Waals surface area (Å²) in [5.41, 5.74) is 13.1. The molecule has 138 valence electrons. The first-order valence-electron chi connectivity index (χ1n) is 9.20. The second-order valence-electron chi connectivity index (χ2n) is 7.18. The maximum absolute atomic E-state index is 13.2. The fraction of sp³-hybridized carbons (Fsp3) is 0.286. The first-order chi connectivity index (χ1) is 13.0. The highest BCUT2D eigenvalue weighted by molar-refractivity contribution is 6.32. The van der Waals surface area contributed by atoms with Crippen LogP contribution in [0.4, 0.5) is 11.4 Å². The molecule has 0 spiro atoms. The Morgan fingerprint density at radius 3 is 2.15 bits per heavy atom. The van der Waals surface area contributed by atoms with Gasteiger partial charge in [-0.3, -0.25) is 14.4 Å². The average Bonchev–Trinajstić information content (AvgIpc) is 2.67. The number of hydrogen-bond donors (Lipinski definition) is 3. The summed E-state index contributed by atoms with van der Waals surface area (Å²) in [5.74, 6) is -1.34. The van der Waals surface area contributed by atoms with Gasteiger partial charge in [0.05, 0.1) is 22.4 Å². The van der Waals surface area contributed by atoms with Crippen molar-refractivity contribution in [3.8, 4) is 0 Å². The zero-order valence-electron chi connectivity index (χ0n) is 14.9. The van der Waals surface area contributed by atoms with Crippen molar-refractivity contribution < 1.29 is 14.4 Å². The Kier molecular flexibility index (Phi) is 4.18. The Balaban J connectivity index is 1.92. The van der Waals surface area contributed by atoms with E-state index in [1.807, 2.05) is 0 Å². The summed E-state index contributed by atoms with van der Waals surface area (Å²) in [5, 5.41) is 3.38. The summed E-state index contributed by atoms with van der Waals surface area (Å²) in [7, 11) is 0. The van der Waals surface area contributed by atoms with Crippen molar-refractivity contribution in [2.24, 2.45) is 5.73 Å². The van der Waals surface area contributed by atoms with E-state index in [0.717, 1.165) is 25.7 Å². The number of primary amides is 1. The number of nitrogen functional groups attached to an aromatic ring is 1. The zero-order chi connectivity index (χ0) is 19.1. The lowest BCUT2D eigenvalue weighted by molar-refractivity contribution is 0.0978. The van der Waals surface area contributed by atoms with Gasteiger partial charge in [-0.2, -0.15) is 0 Å². The largest absolute Gasteiger partial charge is 0.397 e. The van der Waals surface area contributed by atoms with Crippen LogP contribution >= 0.6 is 0 Å². The Bertz CT molecular complexity index is 975. The van der Waals surface area contributed by atoms with E-state index in [2.05, 4.69) is 5.32 Å². The minimum absolute atomic E-state index is 0.0282. The number of benzene rings is 2. The van der Waals surface area contributed by atoms with Gasteiger partial charge in [0.1, 0.15) is 0 Å². The molecule has 1 fully saturated rings. The van der Waals surface area contributed by atoms with Gasteiger partial charge in [0.25, 0.3) is 5.91 Å². The average molecular weight is 363 g/mol. The number of carbonyl (C=O) groups excluding carboxylic acids is 3. The van der Waals surface area contributed by atoms with Crippen LogP contribution < -0.4 is 16.8 Å². The maximum atomic E-state index is 13.2. The molecule has 4 rings (SSSR count). The molecular weight excluding hydrogens is 342 g/mol. The number of hydrogen-bond acceptors (Lipinski definition) is 5. The summed E-state index contributed by atoms with van der Waals surface area (Å²) in [6.45, 7) is 0. The van der Waals surface area contributed by atoms with Crippen LogP contribution in [0.3, 0.4) is 0 Å². The third kappa shape index (κ3) is 2.77.